The Hall–Kier alpha value is -2.45. The summed E-state index contributed by atoms with van der Waals surface area (Å²) in [4.78, 5) is 20.4. The lowest BCUT2D eigenvalue weighted by Crippen LogP contribution is -2.31. The van der Waals surface area contributed by atoms with Crippen LogP contribution in [0.5, 0.6) is 5.75 Å². The number of aliphatic hydroxyl groups excluding tert-OH is 1. The molecule has 8 heteroatoms. The van der Waals surface area contributed by atoms with Crippen molar-refractivity contribution in [3.05, 3.63) is 41.1 Å². The minimum atomic E-state index is -0.567. The second-order valence-electron chi connectivity index (χ2n) is 5.55. The third kappa shape index (κ3) is 4.34. The Morgan fingerprint density at radius 1 is 1.44 bits per heavy atom. The molecule has 2 heterocycles. The van der Waals surface area contributed by atoms with Crippen LogP contribution in [0.25, 0.3) is 10.2 Å². The third-order valence-electron chi connectivity index (χ3n) is 3.58. The van der Waals surface area contributed by atoms with E-state index in [1.165, 1.54) is 6.26 Å². The van der Waals surface area contributed by atoms with Crippen molar-refractivity contribution >= 4 is 27.5 Å². The maximum Gasteiger partial charge on any atom is 0.273 e. The first kappa shape index (κ1) is 17.4. The number of carbonyl (C=O) groups excluding carboxylic acids is 1. The molecule has 1 aromatic carbocycles. The van der Waals surface area contributed by atoms with Gasteiger partial charge >= 0.3 is 0 Å². The molecular weight excluding hydrogens is 342 g/mol. The summed E-state index contributed by atoms with van der Waals surface area (Å²) in [6.07, 6.45) is 1.28. The second-order valence-corrected chi connectivity index (χ2v) is 6.78. The van der Waals surface area contributed by atoms with Crippen molar-refractivity contribution in [2.24, 2.45) is 0 Å². The maximum atomic E-state index is 11.9. The van der Waals surface area contributed by atoms with Crippen molar-refractivity contribution in [2.45, 2.75) is 33.0 Å². The summed E-state index contributed by atoms with van der Waals surface area (Å²) in [6, 6.07) is 5.69. The van der Waals surface area contributed by atoms with Crippen molar-refractivity contribution in [2.75, 3.05) is 6.54 Å². The molecule has 1 atom stereocenters. The van der Waals surface area contributed by atoms with E-state index >= 15 is 0 Å². The highest BCUT2D eigenvalue weighted by Crippen LogP contribution is 2.25. The number of oxazole rings is 1. The lowest BCUT2D eigenvalue weighted by atomic mass is 10.3. The summed E-state index contributed by atoms with van der Waals surface area (Å²) in [5.41, 5.74) is 1.05. The van der Waals surface area contributed by atoms with E-state index in [-0.39, 0.29) is 24.8 Å². The van der Waals surface area contributed by atoms with Gasteiger partial charge in [-0.1, -0.05) is 6.92 Å². The van der Waals surface area contributed by atoms with Gasteiger partial charge in [0.25, 0.3) is 5.91 Å². The SMILES string of the molecule is CC[C@H](O)CNC(=O)c1coc(COc2ccc3sc(C)nc3c2)n1. The Balaban J connectivity index is 1.58. The Morgan fingerprint density at radius 3 is 3.08 bits per heavy atom. The van der Waals surface area contributed by atoms with Crippen LogP contribution in [0, 0.1) is 6.92 Å². The van der Waals surface area contributed by atoms with Crippen LogP contribution in [0.15, 0.2) is 28.9 Å². The number of hydrogen-bond acceptors (Lipinski definition) is 7. The number of fused-ring (bicyclic) bond motifs is 1. The molecule has 0 bridgehead atoms. The number of ether oxygens (including phenoxy) is 1. The van der Waals surface area contributed by atoms with Crippen molar-refractivity contribution in [1.82, 2.24) is 15.3 Å². The maximum absolute atomic E-state index is 11.9. The molecule has 1 amide bonds. The van der Waals surface area contributed by atoms with Crippen LogP contribution in [-0.4, -0.2) is 33.6 Å². The number of nitrogens with zero attached hydrogens (tertiary/aromatic N) is 2. The van der Waals surface area contributed by atoms with Gasteiger partial charge in [-0.15, -0.1) is 11.3 Å². The molecule has 25 heavy (non-hydrogen) atoms. The fraction of sp³-hybridized carbons (Fsp3) is 0.353. The van der Waals surface area contributed by atoms with E-state index in [1.807, 2.05) is 32.0 Å². The van der Waals surface area contributed by atoms with E-state index in [1.54, 1.807) is 11.3 Å². The van der Waals surface area contributed by atoms with Gasteiger partial charge in [0, 0.05) is 12.6 Å². The highest BCUT2D eigenvalue weighted by atomic mass is 32.1. The first-order valence-electron chi connectivity index (χ1n) is 7.96. The van der Waals surface area contributed by atoms with Gasteiger partial charge in [0.1, 0.15) is 12.0 Å². The number of aryl methyl sites for hydroxylation is 1. The molecule has 0 saturated heterocycles. The van der Waals surface area contributed by atoms with Gasteiger partial charge in [-0.25, -0.2) is 9.97 Å². The van der Waals surface area contributed by atoms with Crippen LogP contribution in [0.4, 0.5) is 0 Å². The molecule has 0 saturated carbocycles. The minimum absolute atomic E-state index is 0.111. The van der Waals surface area contributed by atoms with Crippen LogP contribution in [-0.2, 0) is 6.61 Å². The van der Waals surface area contributed by atoms with Gasteiger partial charge in [-0.05, 0) is 25.5 Å². The zero-order valence-electron chi connectivity index (χ0n) is 14.0. The molecular formula is C17H19N3O4S. The molecule has 3 aromatic rings. The summed E-state index contributed by atoms with van der Waals surface area (Å²) in [6.45, 7) is 4.09. The molecule has 132 valence electrons. The first-order chi connectivity index (χ1) is 12.0. The van der Waals surface area contributed by atoms with Crippen LogP contribution in [0.1, 0.15) is 34.7 Å². The second kappa shape index (κ2) is 7.62. The molecule has 2 aromatic heterocycles. The van der Waals surface area contributed by atoms with Gasteiger partial charge in [-0.3, -0.25) is 4.79 Å². The monoisotopic (exact) mass is 361 g/mol. The largest absolute Gasteiger partial charge is 0.484 e. The number of aliphatic hydroxyl groups is 1. The lowest BCUT2D eigenvalue weighted by Gasteiger charge is -2.07. The Bertz CT molecular complexity index is 874. The number of amides is 1. The predicted molar refractivity (Wildman–Crippen MR) is 93.8 cm³/mol. The first-order valence-corrected chi connectivity index (χ1v) is 8.77. The number of thiazole rings is 1. The average molecular weight is 361 g/mol. The van der Waals surface area contributed by atoms with Crippen molar-refractivity contribution in [3.63, 3.8) is 0 Å². The van der Waals surface area contributed by atoms with E-state index in [4.69, 9.17) is 9.15 Å². The summed E-state index contributed by atoms with van der Waals surface area (Å²) >= 11 is 1.63. The van der Waals surface area contributed by atoms with Gasteiger partial charge in [0.15, 0.2) is 12.3 Å². The Morgan fingerprint density at radius 2 is 2.28 bits per heavy atom. The number of nitrogens with one attached hydrogen (secondary N) is 1. The van der Waals surface area contributed by atoms with Gasteiger partial charge in [0.2, 0.25) is 5.89 Å². The summed E-state index contributed by atoms with van der Waals surface area (Å²) in [5, 5.41) is 13.1. The highest BCUT2D eigenvalue weighted by molar-refractivity contribution is 7.18. The Labute approximate surface area is 148 Å². The van der Waals surface area contributed by atoms with Crippen LogP contribution in [0.3, 0.4) is 0 Å². The average Bonchev–Trinajstić information content (AvgIpc) is 3.22. The minimum Gasteiger partial charge on any atom is -0.484 e. The number of rotatable bonds is 7. The topological polar surface area (TPSA) is 97.5 Å². The summed E-state index contributed by atoms with van der Waals surface area (Å²) < 4.78 is 12.0. The van der Waals surface area contributed by atoms with Crippen molar-refractivity contribution < 1.29 is 19.1 Å². The zero-order chi connectivity index (χ0) is 17.8. The fourth-order valence-electron chi connectivity index (χ4n) is 2.18. The standard InChI is InChI=1S/C17H19N3O4S/c1-3-11(21)7-18-17(22)14-8-24-16(20-14)9-23-12-4-5-15-13(6-12)19-10(2)25-15/h4-6,8,11,21H,3,7,9H2,1-2H3,(H,18,22)/t11-/m0/s1. The molecule has 0 radical (unpaired) electrons. The van der Waals surface area contributed by atoms with Gasteiger partial charge in [0.05, 0.1) is 21.3 Å². The molecule has 2 N–H and O–H groups in total. The smallest absolute Gasteiger partial charge is 0.273 e. The normalized spacial score (nSPS) is 12.3. The molecule has 0 spiro atoms. The molecule has 0 unspecified atom stereocenters. The number of benzene rings is 1. The summed E-state index contributed by atoms with van der Waals surface area (Å²) in [5.74, 6) is 0.575. The molecule has 0 aliphatic rings. The lowest BCUT2D eigenvalue weighted by molar-refractivity contribution is 0.0909. The molecule has 3 rings (SSSR count). The van der Waals surface area contributed by atoms with E-state index in [0.29, 0.717) is 18.1 Å². The Kier molecular flexibility index (Phi) is 5.30. The quantitative estimate of drug-likeness (QED) is 0.671. The van der Waals surface area contributed by atoms with E-state index in [9.17, 15) is 9.90 Å². The molecule has 0 fully saturated rings. The van der Waals surface area contributed by atoms with Crippen LogP contribution in [0.2, 0.25) is 0 Å². The molecule has 0 aliphatic heterocycles. The number of aromatic nitrogens is 2. The number of carbonyl (C=O) groups is 1. The van der Waals surface area contributed by atoms with E-state index in [2.05, 4.69) is 15.3 Å². The van der Waals surface area contributed by atoms with E-state index in [0.717, 1.165) is 15.2 Å². The summed E-state index contributed by atoms with van der Waals surface area (Å²) in [7, 11) is 0. The van der Waals surface area contributed by atoms with E-state index < -0.39 is 6.10 Å². The highest BCUT2D eigenvalue weighted by Gasteiger charge is 2.13. The fourth-order valence-corrected chi connectivity index (χ4v) is 2.99. The molecule has 0 aliphatic carbocycles. The van der Waals surface area contributed by atoms with Crippen molar-refractivity contribution in [3.8, 4) is 5.75 Å². The number of hydrogen-bond donors (Lipinski definition) is 2. The predicted octanol–water partition coefficient (Wildman–Crippen LogP) is 2.67. The van der Waals surface area contributed by atoms with Crippen LogP contribution < -0.4 is 10.1 Å². The van der Waals surface area contributed by atoms with Gasteiger partial charge in [-0.2, -0.15) is 0 Å². The van der Waals surface area contributed by atoms with Gasteiger partial charge < -0.3 is 19.6 Å². The zero-order valence-corrected chi connectivity index (χ0v) is 14.8. The van der Waals surface area contributed by atoms with Crippen LogP contribution >= 0.6 is 11.3 Å². The molecule has 7 nitrogen and oxygen atoms in total. The third-order valence-corrected chi connectivity index (χ3v) is 4.53. The van der Waals surface area contributed by atoms with Crippen molar-refractivity contribution in [1.29, 1.82) is 0 Å².